The molecule has 3 heterocycles. The molecule has 11 heteroatoms. The fraction of sp³-hybridized carbons (Fsp3) is 0.400. The van der Waals surface area contributed by atoms with Crippen LogP contribution in [0, 0.1) is 5.41 Å². The maximum Gasteiger partial charge on any atom is 0.358 e. The minimum absolute atomic E-state index is 0.0218. The number of ether oxygens (including phenoxy) is 2. The molecule has 1 saturated heterocycles. The minimum Gasteiger partial charge on any atom is -0.427 e. The SMILES string of the molecule is CC1=C(C(=O)OCOC(=O)C(C)(C)C)N2C(=O)C(NC(=O)C3(C)C=C(c4ccccc4)NO3)[C@H]2C1=O. The summed E-state index contributed by atoms with van der Waals surface area (Å²) in [4.78, 5) is 69.6. The van der Waals surface area contributed by atoms with E-state index in [1.807, 2.05) is 30.3 Å². The van der Waals surface area contributed by atoms with E-state index in [1.165, 1.54) is 13.8 Å². The number of β-lactam (4-membered cyclic amide) rings is 1. The minimum atomic E-state index is -1.44. The van der Waals surface area contributed by atoms with Gasteiger partial charge in [0.1, 0.15) is 17.8 Å². The molecule has 3 aliphatic rings. The highest BCUT2D eigenvalue weighted by Crippen LogP contribution is 2.37. The molecule has 3 aliphatic heterocycles. The lowest BCUT2D eigenvalue weighted by Crippen LogP contribution is -2.72. The topological polar surface area (TPSA) is 140 Å². The number of benzene rings is 1. The number of fused-ring (bicyclic) bond motifs is 1. The van der Waals surface area contributed by atoms with E-state index >= 15 is 0 Å². The van der Waals surface area contributed by atoms with Crippen molar-refractivity contribution in [2.75, 3.05) is 6.79 Å². The predicted octanol–water partition coefficient (Wildman–Crippen LogP) is 0.963. The third kappa shape index (κ3) is 4.26. The van der Waals surface area contributed by atoms with Crippen molar-refractivity contribution in [1.82, 2.24) is 15.7 Å². The largest absolute Gasteiger partial charge is 0.427 e. The highest BCUT2D eigenvalue weighted by atomic mass is 16.7. The Hall–Kier alpha value is -3.99. The molecule has 2 N–H and O–H groups in total. The average molecular weight is 498 g/mol. The molecule has 4 rings (SSSR count). The quantitative estimate of drug-likeness (QED) is 0.334. The number of rotatable bonds is 6. The van der Waals surface area contributed by atoms with Gasteiger partial charge in [0.05, 0.1) is 11.1 Å². The first kappa shape index (κ1) is 25.1. The third-order valence-electron chi connectivity index (χ3n) is 6.13. The highest BCUT2D eigenvalue weighted by molar-refractivity contribution is 6.20. The van der Waals surface area contributed by atoms with Gasteiger partial charge in [0.2, 0.25) is 6.79 Å². The van der Waals surface area contributed by atoms with Crippen LogP contribution in [0.5, 0.6) is 0 Å². The van der Waals surface area contributed by atoms with Gasteiger partial charge < -0.3 is 14.8 Å². The normalized spacial score (nSPS) is 25.0. The fourth-order valence-electron chi connectivity index (χ4n) is 3.99. The Balaban J connectivity index is 1.41. The summed E-state index contributed by atoms with van der Waals surface area (Å²) >= 11 is 0. The molecule has 3 atom stereocenters. The van der Waals surface area contributed by atoms with Gasteiger partial charge in [-0.2, -0.15) is 0 Å². The van der Waals surface area contributed by atoms with Gasteiger partial charge in [-0.15, -0.1) is 0 Å². The Labute approximate surface area is 207 Å². The number of amides is 2. The standard InChI is InChI=1S/C25H27N3O8/c1-13-17(21(31)34-12-35-23(33)24(2,3)4)28-18(19(13)29)16(20(28)30)26-22(32)25(5)11-15(27-36-25)14-9-7-6-8-10-14/h6-11,16,18,27H,12H2,1-5H3,(H,26,32)/t16?,18-,25?/m0/s1. The summed E-state index contributed by atoms with van der Waals surface area (Å²) in [5, 5.41) is 2.57. The number of hydrogen-bond donors (Lipinski definition) is 2. The summed E-state index contributed by atoms with van der Waals surface area (Å²) in [6.07, 6.45) is 1.58. The van der Waals surface area contributed by atoms with Crippen LogP contribution in [0.4, 0.5) is 0 Å². The van der Waals surface area contributed by atoms with Crippen LogP contribution in [-0.2, 0) is 38.3 Å². The molecule has 190 valence electrons. The second-order valence-electron chi connectivity index (χ2n) is 9.91. The van der Waals surface area contributed by atoms with Crippen LogP contribution in [0.3, 0.4) is 0 Å². The van der Waals surface area contributed by atoms with Crippen molar-refractivity contribution in [1.29, 1.82) is 0 Å². The summed E-state index contributed by atoms with van der Waals surface area (Å²) in [5.74, 6) is -3.32. The fourth-order valence-corrected chi connectivity index (χ4v) is 3.99. The number of esters is 2. The molecule has 11 nitrogen and oxygen atoms in total. The molecule has 0 saturated carbocycles. The predicted molar refractivity (Wildman–Crippen MR) is 124 cm³/mol. The summed E-state index contributed by atoms with van der Waals surface area (Å²) < 4.78 is 9.88. The lowest BCUT2D eigenvalue weighted by molar-refractivity contribution is -0.173. The van der Waals surface area contributed by atoms with Gasteiger partial charge in [0, 0.05) is 5.57 Å². The Morgan fingerprint density at radius 1 is 1.14 bits per heavy atom. The van der Waals surface area contributed by atoms with Gasteiger partial charge in [-0.1, -0.05) is 30.3 Å². The smallest absolute Gasteiger partial charge is 0.358 e. The van der Waals surface area contributed by atoms with Crippen LogP contribution in [0.2, 0.25) is 0 Å². The van der Waals surface area contributed by atoms with Crippen molar-refractivity contribution in [3.05, 3.63) is 53.2 Å². The second-order valence-corrected chi connectivity index (χ2v) is 9.91. The van der Waals surface area contributed by atoms with E-state index in [2.05, 4.69) is 10.8 Å². The van der Waals surface area contributed by atoms with Gasteiger partial charge in [0.15, 0.2) is 11.4 Å². The molecule has 1 aromatic carbocycles. The van der Waals surface area contributed by atoms with Gasteiger partial charge in [-0.3, -0.25) is 34.4 Å². The molecule has 0 spiro atoms. The summed E-state index contributed by atoms with van der Waals surface area (Å²) in [6, 6.07) is 6.98. The van der Waals surface area contributed by atoms with Crippen LogP contribution in [0.25, 0.3) is 5.70 Å². The van der Waals surface area contributed by atoms with E-state index < -0.39 is 59.4 Å². The number of nitrogens with zero attached hydrogens (tertiary/aromatic N) is 1. The number of hydrogen-bond acceptors (Lipinski definition) is 9. The van der Waals surface area contributed by atoms with Crippen LogP contribution >= 0.6 is 0 Å². The van der Waals surface area contributed by atoms with E-state index in [0.29, 0.717) is 5.70 Å². The number of hydroxylamine groups is 1. The Kier molecular flexibility index (Phi) is 6.21. The molecule has 0 radical (unpaired) electrons. The zero-order chi connectivity index (χ0) is 26.4. The number of carbonyl (C=O) groups is 5. The Bertz CT molecular complexity index is 1210. The van der Waals surface area contributed by atoms with Crippen LogP contribution in [0.1, 0.15) is 40.2 Å². The van der Waals surface area contributed by atoms with Crippen molar-refractivity contribution in [2.24, 2.45) is 5.41 Å². The van der Waals surface area contributed by atoms with Gasteiger partial charge in [0.25, 0.3) is 11.8 Å². The van der Waals surface area contributed by atoms with Crippen LogP contribution < -0.4 is 10.8 Å². The number of ketones is 1. The molecular formula is C25H27N3O8. The maximum absolute atomic E-state index is 13.0. The number of carbonyl (C=O) groups excluding carboxylic acids is 5. The lowest BCUT2D eigenvalue weighted by atomic mass is 9.92. The van der Waals surface area contributed by atoms with Crippen molar-refractivity contribution in [2.45, 2.75) is 52.3 Å². The van der Waals surface area contributed by atoms with Crippen molar-refractivity contribution in [3.8, 4) is 0 Å². The Morgan fingerprint density at radius 3 is 2.44 bits per heavy atom. The maximum atomic E-state index is 13.0. The first-order chi connectivity index (χ1) is 16.8. The first-order valence-electron chi connectivity index (χ1n) is 11.3. The summed E-state index contributed by atoms with van der Waals surface area (Å²) in [6.45, 7) is 7.18. The van der Waals surface area contributed by atoms with E-state index in [9.17, 15) is 24.0 Å². The third-order valence-corrected chi connectivity index (χ3v) is 6.13. The van der Waals surface area contributed by atoms with Crippen molar-refractivity contribution >= 4 is 35.2 Å². The van der Waals surface area contributed by atoms with Crippen LogP contribution in [0.15, 0.2) is 47.7 Å². The van der Waals surface area contributed by atoms with E-state index in [1.54, 1.807) is 26.8 Å². The molecule has 0 aliphatic carbocycles. The summed E-state index contributed by atoms with van der Waals surface area (Å²) in [5.41, 5.74) is 1.67. The highest BCUT2D eigenvalue weighted by Gasteiger charge is 2.60. The molecule has 36 heavy (non-hydrogen) atoms. The van der Waals surface area contributed by atoms with E-state index in [0.717, 1.165) is 10.5 Å². The Morgan fingerprint density at radius 2 is 1.81 bits per heavy atom. The zero-order valence-corrected chi connectivity index (χ0v) is 20.5. The van der Waals surface area contributed by atoms with Crippen molar-refractivity contribution < 1.29 is 38.3 Å². The average Bonchev–Trinajstić information content (AvgIpc) is 3.34. The molecule has 2 unspecified atom stereocenters. The second kappa shape index (κ2) is 8.90. The first-order valence-corrected chi connectivity index (χ1v) is 11.3. The summed E-state index contributed by atoms with van der Waals surface area (Å²) in [7, 11) is 0. The monoisotopic (exact) mass is 497 g/mol. The van der Waals surface area contributed by atoms with E-state index in [4.69, 9.17) is 14.3 Å². The molecule has 1 aromatic rings. The van der Waals surface area contributed by atoms with Gasteiger partial charge >= 0.3 is 11.9 Å². The van der Waals surface area contributed by atoms with E-state index in [-0.39, 0.29) is 11.3 Å². The van der Waals surface area contributed by atoms with Gasteiger partial charge in [-0.05, 0) is 46.3 Å². The molecule has 0 bridgehead atoms. The zero-order valence-electron chi connectivity index (χ0n) is 20.5. The molecule has 0 aromatic heterocycles. The number of Topliss-reactive ketones (excluding diaryl/α,β-unsaturated/α-hetero) is 1. The molecule has 2 amide bonds. The van der Waals surface area contributed by atoms with Crippen molar-refractivity contribution in [3.63, 3.8) is 0 Å². The van der Waals surface area contributed by atoms with Crippen LogP contribution in [-0.4, -0.2) is 58.9 Å². The lowest BCUT2D eigenvalue weighted by Gasteiger charge is -2.42. The molecule has 1 fully saturated rings. The molecular weight excluding hydrogens is 470 g/mol. The van der Waals surface area contributed by atoms with Gasteiger partial charge in [-0.25, -0.2) is 4.79 Å². The number of nitrogens with one attached hydrogen (secondary N) is 2.